The molecule has 0 spiro atoms. The molecule has 2 aromatic rings. The van der Waals surface area contributed by atoms with Crippen LogP contribution in [0, 0.1) is 11.3 Å². The fourth-order valence-electron chi connectivity index (χ4n) is 2.47. The van der Waals surface area contributed by atoms with Crippen molar-refractivity contribution in [2.75, 3.05) is 20.2 Å². The maximum Gasteiger partial charge on any atom is 0.102 e. The van der Waals surface area contributed by atoms with Crippen LogP contribution >= 0.6 is 0 Å². The summed E-state index contributed by atoms with van der Waals surface area (Å²) in [7, 11) is 2.07. The summed E-state index contributed by atoms with van der Waals surface area (Å²) < 4.78 is 2.01. The van der Waals surface area contributed by atoms with Crippen molar-refractivity contribution in [3.05, 3.63) is 41.7 Å². The van der Waals surface area contributed by atoms with Gasteiger partial charge in [-0.3, -0.25) is 0 Å². The first-order valence-corrected chi connectivity index (χ1v) is 7.04. The third-order valence-electron chi connectivity index (χ3n) is 3.51. The lowest BCUT2D eigenvalue weighted by molar-refractivity contribution is 0.271. The van der Waals surface area contributed by atoms with Gasteiger partial charge >= 0.3 is 0 Å². The van der Waals surface area contributed by atoms with E-state index in [0.717, 1.165) is 49.0 Å². The van der Waals surface area contributed by atoms with Gasteiger partial charge in [-0.25, -0.2) is 0 Å². The van der Waals surface area contributed by atoms with Gasteiger partial charge in [-0.1, -0.05) is 6.07 Å². The minimum Gasteiger partial charge on any atom is -0.396 e. The number of fused-ring (bicyclic) bond motifs is 1. The van der Waals surface area contributed by atoms with Gasteiger partial charge in [0, 0.05) is 31.1 Å². The van der Waals surface area contributed by atoms with Crippen LogP contribution in [0.1, 0.15) is 30.4 Å². The van der Waals surface area contributed by atoms with Crippen molar-refractivity contribution in [2.24, 2.45) is 0 Å². The van der Waals surface area contributed by atoms with Gasteiger partial charge in [0.1, 0.15) is 6.07 Å². The Morgan fingerprint density at radius 2 is 2.15 bits per heavy atom. The van der Waals surface area contributed by atoms with Gasteiger partial charge < -0.3 is 14.4 Å². The molecule has 4 heteroatoms. The highest BCUT2D eigenvalue weighted by atomic mass is 16.2. The van der Waals surface area contributed by atoms with Crippen LogP contribution < -0.4 is 0 Å². The monoisotopic (exact) mass is 271 g/mol. The predicted molar refractivity (Wildman–Crippen MR) is 79.4 cm³/mol. The molecular weight excluding hydrogens is 250 g/mol. The number of pyridine rings is 1. The summed E-state index contributed by atoms with van der Waals surface area (Å²) >= 11 is 0. The molecule has 0 bridgehead atoms. The highest BCUT2D eigenvalue weighted by Crippen LogP contribution is 2.19. The number of rotatable bonds is 7. The number of aliphatic hydroxyl groups is 1. The van der Waals surface area contributed by atoms with Crippen LogP contribution in [0.2, 0.25) is 0 Å². The Bertz CT molecular complexity index is 597. The molecule has 2 heterocycles. The van der Waals surface area contributed by atoms with Gasteiger partial charge in [0.2, 0.25) is 0 Å². The van der Waals surface area contributed by atoms with Gasteiger partial charge in [-0.15, -0.1) is 0 Å². The Labute approximate surface area is 119 Å². The van der Waals surface area contributed by atoms with Crippen LogP contribution in [-0.4, -0.2) is 34.6 Å². The van der Waals surface area contributed by atoms with Crippen molar-refractivity contribution in [3.63, 3.8) is 0 Å². The first-order chi connectivity index (χ1) is 9.76. The van der Waals surface area contributed by atoms with E-state index in [4.69, 9.17) is 5.11 Å². The third kappa shape index (κ3) is 3.38. The fraction of sp³-hybridized carbons (Fsp3) is 0.438. The molecule has 0 radical (unpaired) electrons. The summed E-state index contributed by atoms with van der Waals surface area (Å²) in [6.07, 6.45) is 7.00. The molecule has 0 saturated carbocycles. The molecule has 0 fully saturated rings. The average molecular weight is 271 g/mol. The normalized spacial score (nSPS) is 11.1. The molecule has 0 aliphatic heterocycles. The van der Waals surface area contributed by atoms with E-state index in [0.29, 0.717) is 0 Å². The maximum atomic E-state index is 9.35. The van der Waals surface area contributed by atoms with Crippen molar-refractivity contribution in [2.45, 2.75) is 25.8 Å². The molecule has 0 aliphatic rings. The minimum absolute atomic E-state index is 0.271. The second kappa shape index (κ2) is 7.09. The van der Waals surface area contributed by atoms with Gasteiger partial charge in [0.05, 0.1) is 11.1 Å². The predicted octanol–water partition coefficient (Wildman–Crippen LogP) is 2.41. The van der Waals surface area contributed by atoms with E-state index >= 15 is 0 Å². The van der Waals surface area contributed by atoms with Gasteiger partial charge in [0.15, 0.2) is 0 Å². The molecule has 0 unspecified atom stereocenters. The number of aliphatic hydroxyl groups excluding tert-OH is 1. The Balaban J connectivity index is 2.04. The topological polar surface area (TPSA) is 51.7 Å². The van der Waals surface area contributed by atoms with Gasteiger partial charge in [0.25, 0.3) is 0 Å². The van der Waals surface area contributed by atoms with E-state index in [2.05, 4.69) is 18.0 Å². The van der Waals surface area contributed by atoms with E-state index in [9.17, 15) is 5.26 Å². The zero-order valence-electron chi connectivity index (χ0n) is 11.9. The number of hydrogen-bond acceptors (Lipinski definition) is 3. The van der Waals surface area contributed by atoms with Crippen LogP contribution in [0.25, 0.3) is 5.52 Å². The van der Waals surface area contributed by atoms with E-state index in [1.165, 1.54) is 0 Å². The van der Waals surface area contributed by atoms with Gasteiger partial charge in [-0.05, 0) is 45.0 Å². The first kappa shape index (κ1) is 14.6. The Morgan fingerprint density at radius 3 is 2.90 bits per heavy atom. The quantitative estimate of drug-likeness (QED) is 0.787. The standard InChI is InChI=1S/C16H21N3O/c1-18(8-4-2-6-10-20)12-14-13-19-9-5-3-7-16(19)15(14)11-17/h3,5,7,9,13,20H,2,4,6,8,10,12H2,1H3. The van der Waals surface area contributed by atoms with E-state index in [-0.39, 0.29) is 6.61 Å². The van der Waals surface area contributed by atoms with Crippen LogP contribution in [0.4, 0.5) is 0 Å². The molecule has 0 saturated heterocycles. The molecule has 2 aromatic heterocycles. The lowest BCUT2D eigenvalue weighted by atomic mass is 10.1. The summed E-state index contributed by atoms with van der Waals surface area (Å²) in [6, 6.07) is 8.22. The first-order valence-electron chi connectivity index (χ1n) is 7.04. The zero-order valence-corrected chi connectivity index (χ0v) is 11.9. The van der Waals surface area contributed by atoms with Crippen LogP contribution in [-0.2, 0) is 6.54 Å². The molecule has 4 nitrogen and oxygen atoms in total. The highest BCUT2D eigenvalue weighted by Gasteiger charge is 2.11. The molecule has 0 aliphatic carbocycles. The van der Waals surface area contributed by atoms with E-state index in [1.54, 1.807) is 0 Å². The third-order valence-corrected chi connectivity index (χ3v) is 3.51. The smallest absolute Gasteiger partial charge is 0.102 e. The lowest BCUT2D eigenvalue weighted by Crippen LogP contribution is -2.19. The molecule has 2 rings (SSSR count). The fourth-order valence-corrected chi connectivity index (χ4v) is 2.47. The molecule has 0 atom stereocenters. The van der Waals surface area contributed by atoms with Crippen molar-refractivity contribution in [1.82, 2.24) is 9.30 Å². The van der Waals surface area contributed by atoms with E-state index in [1.807, 2.05) is 35.0 Å². The van der Waals surface area contributed by atoms with Crippen LogP contribution in [0.5, 0.6) is 0 Å². The molecule has 106 valence electrons. The van der Waals surface area contributed by atoms with Crippen molar-refractivity contribution >= 4 is 5.52 Å². The van der Waals surface area contributed by atoms with Crippen molar-refractivity contribution in [1.29, 1.82) is 5.26 Å². The largest absolute Gasteiger partial charge is 0.396 e. The maximum absolute atomic E-state index is 9.35. The Kier molecular flexibility index (Phi) is 5.16. The van der Waals surface area contributed by atoms with E-state index < -0.39 is 0 Å². The van der Waals surface area contributed by atoms with Crippen molar-refractivity contribution < 1.29 is 5.11 Å². The number of nitrogens with zero attached hydrogens (tertiary/aromatic N) is 3. The number of hydrogen-bond donors (Lipinski definition) is 1. The zero-order chi connectivity index (χ0) is 14.4. The molecular formula is C16H21N3O. The lowest BCUT2D eigenvalue weighted by Gasteiger charge is -2.15. The summed E-state index contributed by atoms with van der Waals surface area (Å²) in [5.74, 6) is 0. The summed E-state index contributed by atoms with van der Waals surface area (Å²) in [5.41, 5.74) is 2.81. The van der Waals surface area contributed by atoms with Crippen molar-refractivity contribution in [3.8, 4) is 6.07 Å². The second-order valence-corrected chi connectivity index (χ2v) is 5.16. The SMILES string of the molecule is CN(CCCCCO)Cc1cn2ccccc2c1C#N. The molecule has 0 aromatic carbocycles. The molecule has 0 amide bonds. The second-order valence-electron chi connectivity index (χ2n) is 5.16. The van der Waals surface area contributed by atoms with Crippen LogP contribution in [0.3, 0.4) is 0 Å². The molecule has 1 N–H and O–H groups in total. The summed E-state index contributed by atoms with van der Waals surface area (Å²) in [6.45, 7) is 2.04. The van der Waals surface area contributed by atoms with Crippen LogP contribution in [0.15, 0.2) is 30.6 Å². The summed E-state index contributed by atoms with van der Waals surface area (Å²) in [4.78, 5) is 2.23. The number of nitriles is 1. The Hall–Kier alpha value is -1.83. The summed E-state index contributed by atoms with van der Waals surface area (Å²) in [5, 5.41) is 18.1. The van der Waals surface area contributed by atoms with Gasteiger partial charge in [-0.2, -0.15) is 5.26 Å². The average Bonchev–Trinajstić information content (AvgIpc) is 2.80. The number of aromatic nitrogens is 1. The molecule has 20 heavy (non-hydrogen) atoms. The Morgan fingerprint density at radius 1 is 1.30 bits per heavy atom. The minimum atomic E-state index is 0.271. The highest BCUT2D eigenvalue weighted by molar-refractivity contribution is 5.65. The number of unbranched alkanes of at least 4 members (excludes halogenated alkanes) is 2.